The van der Waals surface area contributed by atoms with E-state index in [0.717, 1.165) is 12.1 Å². The number of hydrogen-bond acceptors (Lipinski definition) is 4. The molecular weight excluding hydrogens is 273 g/mol. The Morgan fingerprint density at radius 1 is 1.45 bits per heavy atom. The number of nitrogens with one attached hydrogen (secondary N) is 1. The molecule has 7 heteroatoms. The van der Waals surface area contributed by atoms with Gasteiger partial charge in [-0.3, -0.25) is 0 Å². The number of nitriles is 1. The van der Waals surface area contributed by atoms with Gasteiger partial charge >= 0.3 is 6.18 Å². The molecule has 1 rings (SSSR count). The highest BCUT2D eigenvalue weighted by Crippen LogP contribution is 2.33. The van der Waals surface area contributed by atoms with Gasteiger partial charge in [0.15, 0.2) is 0 Å². The van der Waals surface area contributed by atoms with E-state index >= 15 is 0 Å². The Morgan fingerprint density at radius 3 is 2.70 bits per heavy atom. The summed E-state index contributed by atoms with van der Waals surface area (Å²) in [7, 11) is 1.45. The first-order valence-electron chi connectivity index (χ1n) is 5.90. The number of benzene rings is 1. The van der Waals surface area contributed by atoms with Crippen LogP contribution in [0.2, 0.25) is 0 Å². The van der Waals surface area contributed by atoms with E-state index in [4.69, 9.17) is 10.00 Å². The van der Waals surface area contributed by atoms with Gasteiger partial charge in [-0.05, 0) is 24.6 Å². The molecule has 0 heterocycles. The van der Waals surface area contributed by atoms with E-state index in [1.807, 2.05) is 0 Å². The second kappa shape index (κ2) is 7.12. The van der Waals surface area contributed by atoms with Gasteiger partial charge in [-0.1, -0.05) is 0 Å². The topological polar surface area (TPSA) is 65.3 Å². The molecule has 0 spiro atoms. The first-order chi connectivity index (χ1) is 9.38. The standard InChI is InChI=1S/C13H15F3N2O2/c1-20-8-11(19)4-5-18-10-3-2-9(7-17)12(6-10)13(14,15)16/h2-3,6,11,18-19H,4-5,8H2,1H3. The van der Waals surface area contributed by atoms with Crippen molar-refractivity contribution in [2.24, 2.45) is 0 Å². The zero-order chi connectivity index (χ0) is 15.2. The largest absolute Gasteiger partial charge is 0.417 e. The lowest BCUT2D eigenvalue weighted by molar-refractivity contribution is -0.137. The van der Waals surface area contributed by atoms with Crippen LogP contribution in [-0.4, -0.2) is 31.5 Å². The zero-order valence-corrected chi connectivity index (χ0v) is 10.9. The van der Waals surface area contributed by atoms with E-state index in [9.17, 15) is 18.3 Å². The number of hydrogen-bond donors (Lipinski definition) is 2. The van der Waals surface area contributed by atoms with Crippen molar-refractivity contribution in [1.82, 2.24) is 0 Å². The highest BCUT2D eigenvalue weighted by atomic mass is 19.4. The van der Waals surface area contributed by atoms with Crippen LogP contribution in [0.5, 0.6) is 0 Å². The monoisotopic (exact) mass is 288 g/mol. The number of anilines is 1. The molecule has 0 amide bonds. The minimum absolute atomic E-state index is 0.169. The molecule has 0 fully saturated rings. The van der Waals surface area contributed by atoms with Gasteiger partial charge in [-0.2, -0.15) is 18.4 Å². The van der Waals surface area contributed by atoms with Gasteiger partial charge in [0, 0.05) is 19.3 Å². The molecule has 0 aliphatic carbocycles. The van der Waals surface area contributed by atoms with Crippen molar-refractivity contribution in [3.05, 3.63) is 29.3 Å². The lowest BCUT2D eigenvalue weighted by atomic mass is 10.1. The molecule has 0 saturated carbocycles. The van der Waals surface area contributed by atoms with E-state index in [1.54, 1.807) is 0 Å². The molecule has 0 aliphatic rings. The summed E-state index contributed by atoms with van der Waals surface area (Å²) in [5.74, 6) is 0. The van der Waals surface area contributed by atoms with Crippen LogP contribution in [-0.2, 0) is 10.9 Å². The maximum Gasteiger partial charge on any atom is 0.417 e. The molecule has 0 radical (unpaired) electrons. The predicted molar refractivity (Wildman–Crippen MR) is 67.1 cm³/mol. The Morgan fingerprint density at radius 2 is 2.15 bits per heavy atom. The smallest absolute Gasteiger partial charge is 0.391 e. The fourth-order valence-electron chi connectivity index (χ4n) is 1.65. The maximum atomic E-state index is 12.7. The van der Waals surface area contributed by atoms with Gasteiger partial charge in [-0.25, -0.2) is 0 Å². The Hall–Kier alpha value is -1.78. The molecule has 20 heavy (non-hydrogen) atoms. The van der Waals surface area contributed by atoms with Gasteiger partial charge in [0.1, 0.15) is 0 Å². The van der Waals surface area contributed by atoms with Gasteiger partial charge in [0.25, 0.3) is 0 Å². The van der Waals surface area contributed by atoms with Crippen LogP contribution in [0.1, 0.15) is 17.5 Å². The highest BCUT2D eigenvalue weighted by molar-refractivity contribution is 5.53. The van der Waals surface area contributed by atoms with Crippen LogP contribution in [0, 0.1) is 11.3 Å². The van der Waals surface area contributed by atoms with E-state index in [-0.39, 0.29) is 12.3 Å². The third-order valence-electron chi connectivity index (χ3n) is 2.61. The van der Waals surface area contributed by atoms with Crippen molar-refractivity contribution >= 4 is 5.69 Å². The summed E-state index contributed by atoms with van der Waals surface area (Å²) in [4.78, 5) is 0. The van der Waals surface area contributed by atoms with Crippen molar-refractivity contribution in [2.45, 2.75) is 18.7 Å². The van der Waals surface area contributed by atoms with Crippen molar-refractivity contribution < 1.29 is 23.0 Å². The zero-order valence-electron chi connectivity index (χ0n) is 10.9. The van der Waals surface area contributed by atoms with Crippen LogP contribution in [0.3, 0.4) is 0 Å². The Bertz CT molecular complexity index is 483. The van der Waals surface area contributed by atoms with Crippen LogP contribution >= 0.6 is 0 Å². The molecule has 110 valence electrons. The Labute approximate surface area is 114 Å². The third kappa shape index (κ3) is 4.72. The number of rotatable bonds is 6. The fraction of sp³-hybridized carbons (Fsp3) is 0.462. The van der Waals surface area contributed by atoms with Gasteiger partial charge in [0.05, 0.1) is 29.9 Å². The minimum atomic E-state index is -4.57. The Balaban J connectivity index is 2.71. The average molecular weight is 288 g/mol. The Kier molecular flexibility index (Phi) is 5.80. The number of halogens is 3. The normalized spacial score (nSPS) is 12.8. The number of aliphatic hydroxyl groups is 1. The lowest BCUT2D eigenvalue weighted by Gasteiger charge is -2.13. The molecule has 0 saturated heterocycles. The van der Waals surface area contributed by atoms with Crippen molar-refractivity contribution in [1.29, 1.82) is 5.26 Å². The summed E-state index contributed by atoms with van der Waals surface area (Å²) >= 11 is 0. The number of methoxy groups -OCH3 is 1. The van der Waals surface area contributed by atoms with Crippen LogP contribution in [0.25, 0.3) is 0 Å². The summed E-state index contributed by atoms with van der Waals surface area (Å²) in [5.41, 5.74) is -1.13. The number of aliphatic hydroxyl groups excluding tert-OH is 1. The molecule has 4 nitrogen and oxygen atoms in total. The molecule has 1 aromatic rings. The van der Waals surface area contributed by atoms with Gasteiger partial charge in [0.2, 0.25) is 0 Å². The summed E-state index contributed by atoms with van der Waals surface area (Å²) in [6, 6.07) is 4.93. The van der Waals surface area contributed by atoms with E-state index in [0.29, 0.717) is 13.0 Å². The van der Waals surface area contributed by atoms with Crippen LogP contribution in [0.4, 0.5) is 18.9 Å². The average Bonchev–Trinajstić information content (AvgIpc) is 2.38. The first-order valence-corrected chi connectivity index (χ1v) is 5.90. The maximum absolute atomic E-state index is 12.7. The molecule has 0 bridgehead atoms. The molecule has 1 atom stereocenters. The number of alkyl halides is 3. The number of ether oxygens (including phenoxy) is 1. The summed E-state index contributed by atoms with van der Waals surface area (Å²) in [6.45, 7) is 0.469. The second-order valence-corrected chi connectivity index (χ2v) is 4.19. The SMILES string of the molecule is COCC(O)CCNc1ccc(C#N)c(C(F)(F)F)c1. The van der Waals surface area contributed by atoms with E-state index in [2.05, 4.69) is 5.32 Å². The highest BCUT2D eigenvalue weighted by Gasteiger charge is 2.33. The molecule has 1 aromatic carbocycles. The van der Waals surface area contributed by atoms with E-state index in [1.165, 1.54) is 19.2 Å². The lowest BCUT2D eigenvalue weighted by Crippen LogP contribution is -2.18. The van der Waals surface area contributed by atoms with Gasteiger partial charge < -0.3 is 15.2 Å². The minimum Gasteiger partial charge on any atom is -0.391 e. The van der Waals surface area contributed by atoms with Gasteiger partial charge in [-0.15, -0.1) is 0 Å². The molecule has 0 aromatic heterocycles. The van der Waals surface area contributed by atoms with Crippen molar-refractivity contribution in [3.63, 3.8) is 0 Å². The molecule has 2 N–H and O–H groups in total. The van der Waals surface area contributed by atoms with E-state index < -0.39 is 23.4 Å². The van der Waals surface area contributed by atoms with Crippen molar-refractivity contribution in [2.75, 3.05) is 25.6 Å². The fourth-order valence-corrected chi connectivity index (χ4v) is 1.65. The first kappa shape index (κ1) is 16.3. The van der Waals surface area contributed by atoms with Crippen LogP contribution in [0.15, 0.2) is 18.2 Å². The molecular formula is C13H15F3N2O2. The van der Waals surface area contributed by atoms with Crippen LogP contribution < -0.4 is 5.32 Å². The summed E-state index contributed by atoms with van der Waals surface area (Å²) in [5, 5.41) is 20.8. The van der Waals surface area contributed by atoms with Crippen molar-refractivity contribution in [3.8, 4) is 6.07 Å². The molecule has 0 aliphatic heterocycles. The molecule has 1 unspecified atom stereocenters. The summed E-state index contributed by atoms with van der Waals surface area (Å²) in [6.07, 6.45) is -4.90. The predicted octanol–water partition coefficient (Wildman–Crippen LogP) is 2.39. The second-order valence-electron chi connectivity index (χ2n) is 4.19. The third-order valence-corrected chi connectivity index (χ3v) is 2.61. The summed E-state index contributed by atoms with van der Waals surface area (Å²) < 4.78 is 42.9. The number of nitrogens with zero attached hydrogens (tertiary/aromatic N) is 1. The quantitative estimate of drug-likeness (QED) is 0.843.